The van der Waals surface area contributed by atoms with Crippen LogP contribution in [0.4, 0.5) is 13.2 Å². The maximum absolute atomic E-state index is 12.7. The van der Waals surface area contributed by atoms with Gasteiger partial charge in [-0.2, -0.15) is 13.2 Å². The molecule has 0 saturated carbocycles. The van der Waals surface area contributed by atoms with E-state index in [1.807, 2.05) is 0 Å². The van der Waals surface area contributed by atoms with E-state index in [0.717, 1.165) is 25.1 Å². The van der Waals surface area contributed by atoms with Gasteiger partial charge in [0.25, 0.3) is 0 Å². The van der Waals surface area contributed by atoms with Gasteiger partial charge in [-0.05, 0) is 31.0 Å². The minimum atomic E-state index is -4.29. The average molecular weight is 330 g/mol. The molecular weight excluding hydrogens is 305 g/mol. The number of ether oxygens (including phenoxy) is 1. The topological polar surface area (TPSA) is 24.5 Å². The minimum Gasteiger partial charge on any atom is -0.383 e. The number of rotatable bonds is 5. The van der Waals surface area contributed by atoms with Crippen LogP contribution < -0.4 is 5.32 Å². The smallest absolute Gasteiger partial charge is 0.383 e. The highest BCUT2D eigenvalue weighted by molar-refractivity contribution is 5.27. The van der Waals surface area contributed by atoms with Crippen molar-refractivity contribution in [2.75, 3.05) is 26.8 Å². The molecule has 1 fully saturated rings. The van der Waals surface area contributed by atoms with E-state index < -0.39 is 11.7 Å². The Hall–Kier alpha value is -1.11. The maximum atomic E-state index is 12.7. The molecule has 1 aromatic carbocycles. The SMILES string of the molecule is CCC(c1ccc(C(F)(F)F)cc1)N1CC(C)NCC1COC. The second-order valence-electron chi connectivity index (χ2n) is 6.16. The van der Waals surface area contributed by atoms with Crippen LogP contribution in [-0.2, 0) is 10.9 Å². The van der Waals surface area contributed by atoms with Crippen molar-refractivity contribution in [3.8, 4) is 0 Å². The third-order valence-corrected chi connectivity index (χ3v) is 4.42. The van der Waals surface area contributed by atoms with Gasteiger partial charge in [0.1, 0.15) is 0 Å². The minimum absolute atomic E-state index is 0.0991. The van der Waals surface area contributed by atoms with Crippen molar-refractivity contribution in [1.82, 2.24) is 10.2 Å². The Morgan fingerprint density at radius 1 is 1.30 bits per heavy atom. The Morgan fingerprint density at radius 2 is 1.96 bits per heavy atom. The molecule has 2 rings (SSSR count). The highest BCUT2D eigenvalue weighted by Crippen LogP contribution is 2.32. The summed E-state index contributed by atoms with van der Waals surface area (Å²) >= 11 is 0. The van der Waals surface area contributed by atoms with Crippen LogP contribution in [0.25, 0.3) is 0 Å². The van der Waals surface area contributed by atoms with Gasteiger partial charge in [0.15, 0.2) is 0 Å². The molecule has 0 aliphatic carbocycles. The monoisotopic (exact) mass is 330 g/mol. The summed E-state index contributed by atoms with van der Waals surface area (Å²) in [6.45, 7) is 6.48. The highest BCUT2D eigenvalue weighted by atomic mass is 19.4. The zero-order valence-corrected chi connectivity index (χ0v) is 13.9. The summed E-state index contributed by atoms with van der Waals surface area (Å²) in [5, 5.41) is 3.44. The molecular formula is C17H25F3N2O. The summed E-state index contributed by atoms with van der Waals surface area (Å²) in [6, 6.07) is 6.24. The number of hydrogen-bond acceptors (Lipinski definition) is 3. The van der Waals surface area contributed by atoms with Gasteiger partial charge in [0, 0.05) is 38.3 Å². The molecule has 1 N–H and O–H groups in total. The largest absolute Gasteiger partial charge is 0.416 e. The molecule has 1 aliphatic heterocycles. The lowest BCUT2D eigenvalue weighted by Gasteiger charge is -2.43. The van der Waals surface area contributed by atoms with E-state index in [4.69, 9.17) is 4.74 Å². The fourth-order valence-corrected chi connectivity index (χ4v) is 3.27. The van der Waals surface area contributed by atoms with Gasteiger partial charge < -0.3 is 10.1 Å². The van der Waals surface area contributed by atoms with Gasteiger partial charge >= 0.3 is 6.18 Å². The molecule has 1 saturated heterocycles. The Kier molecular flexibility index (Phi) is 6.06. The number of halogens is 3. The van der Waals surface area contributed by atoms with Crippen LogP contribution >= 0.6 is 0 Å². The standard InChI is InChI=1S/C17H25F3N2O/c1-4-16(13-5-7-14(8-6-13)17(18,19)20)22-10-12(2)21-9-15(22)11-23-3/h5-8,12,15-16,21H,4,9-11H2,1-3H3. The van der Waals surface area contributed by atoms with Crippen LogP contribution in [0.5, 0.6) is 0 Å². The van der Waals surface area contributed by atoms with Crippen LogP contribution in [0.3, 0.4) is 0 Å². The first kappa shape index (κ1) is 18.2. The first-order chi connectivity index (χ1) is 10.9. The first-order valence-electron chi connectivity index (χ1n) is 8.02. The summed E-state index contributed by atoms with van der Waals surface area (Å²) in [4.78, 5) is 2.35. The van der Waals surface area contributed by atoms with E-state index in [-0.39, 0.29) is 12.1 Å². The number of nitrogens with one attached hydrogen (secondary N) is 1. The predicted molar refractivity (Wildman–Crippen MR) is 84.3 cm³/mol. The number of nitrogens with zero attached hydrogens (tertiary/aromatic N) is 1. The number of hydrogen-bond donors (Lipinski definition) is 1. The lowest BCUT2D eigenvalue weighted by molar-refractivity contribution is -0.137. The van der Waals surface area contributed by atoms with Crippen molar-refractivity contribution < 1.29 is 17.9 Å². The van der Waals surface area contributed by atoms with Crippen molar-refractivity contribution >= 4 is 0 Å². The van der Waals surface area contributed by atoms with Gasteiger partial charge in [-0.25, -0.2) is 0 Å². The van der Waals surface area contributed by atoms with Gasteiger partial charge in [0.05, 0.1) is 12.2 Å². The fraction of sp³-hybridized carbons (Fsp3) is 0.647. The number of methoxy groups -OCH3 is 1. The molecule has 1 aliphatic rings. The van der Waals surface area contributed by atoms with Gasteiger partial charge in [0.2, 0.25) is 0 Å². The Balaban J connectivity index is 2.22. The summed E-state index contributed by atoms with van der Waals surface area (Å²) in [6.07, 6.45) is -3.44. The van der Waals surface area contributed by atoms with E-state index in [0.29, 0.717) is 12.6 Å². The fourth-order valence-electron chi connectivity index (χ4n) is 3.27. The summed E-state index contributed by atoms with van der Waals surface area (Å²) in [5.74, 6) is 0. The molecule has 0 amide bonds. The van der Waals surface area contributed by atoms with Gasteiger partial charge in [-0.1, -0.05) is 19.1 Å². The lowest BCUT2D eigenvalue weighted by atomic mass is 9.97. The van der Waals surface area contributed by atoms with E-state index in [2.05, 4.69) is 24.1 Å². The quantitative estimate of drug-likeness (QED) is 0.895. The summed E-state index contributed by atoms with van der Waals surface area (Å²) < 4.78 is 43.5. The molecule has 0 radical (unpaired) electrons. The molecule has 1 aromatic rings. The van der Waals surface area contributed by atoms with Crippen molar-refractivity contribution in [2.24, 2.45) is 0 Å². The van der Waals surface area contributed by atoms with E-state index >= 15 is 0 Å². The van der Waals surface area contributed by atoms with Gasteiger partial charge in [-0.3, -0.25) is 4.90 Å². The van der Waals surface area contributed by atoms with Crippen LogP contribution in [0.15, 0.2) is 24.3 Å². The zero-order valence-electron chi connectivity index (χ0n) is 13.9. The van der Waals surface area contributed by atoms with E-state index in [1.54, 1.807) is 19.2 Å². The van der Waals surface area contributed by atoms with Crippen molar-refractivity contribution in [3.63, 3.8) is 0 Å². The van der Waals surface area contributed by atoms with Crippen molar-refractivity contribution in [1.29, 1.82) is 0 Å². The second-order valence-corrected chi connectivity index (χ2v) is 6.16. The average Bonchev–Trinajstić information content (AvgIpc) is 2.50. The van der Waals surface area contributed by atoms with Crippen molar-refractivity contribution in [3.05, 3.63) is 35.4 Å². The molecule has 3 atom stereocenters. The summed E-state index contributed by atoms with van der Waals surface area (Å²) in [7, 11) is 1.68. The van der Waals surface area contributed by atoms with Crippen LogP contribution in [-0.4, -0.2) is 43.8 Å². The molecule has 130 valence electrons. The molecule has 0 aromatic heterocycles. The molecule has 23 heavy (non-hydrogen) atoms. The Morgan fingerprint density at radius 3 is 2.48 bits per heavy atom. The molecule has 3 nitrogen and oxygen atoms in total. The molecule has 0 spiro atoms. The van der Waals surface area contributed by atoms with Crippen molar-refractivity contribution in [2.45, 2.75) is 44.6 Å². The predicted octanol–water partition coefficient (Wildman–Crippen LogP) is 3.47. The Labute approximate surface area is 135 Å². The molecule has 0 bridgehead atoms. The normalized spacial score (nSPS) is 24.6. The van der Waals surface area contributed by atoms with Crippen LogP contribution in [0.1, 0.15) is 37.4 Å². The summed E-state index contributed by atoms with van der Waals surface area (Å²) in [5.41, 5.74) is 0.328. The highest BCUT2D eigenvalue weighted by Gasteiger charge is 2.33. The van der Waals surface area contributed by atoms with Gasteiger partial charge in [-0.15, -0.1) is 0 Å². The third-order valence-electron chi connectivity index (χ3n) is 4.42. The molecule has 3 unspecified atom stereocenters. The lowest BCUT2D eigenvalue weighted by Crippen LogP contribution is -2.57. The third kappa shape index (κ3) is 4.46. The van der Waals surface area contributed by atoms with E-state index in [1.165, 1.54) is 12.1 Å². The number of alkyl halides is 3. The Bertz CT molecular complexity index is 490. The maximum Gasteiger partial charge on any atom is 0.416 e. The number of benzene rings is 1. The zero-order chi connectivity index (χ0) is 17.0. The second kappa shape index (κ2) is 7.64. The number of piperazine rings is 1. The molecule has 1 heterocycles. The first-order valence-corrected chi connectivity index (χ1v) is 8.02. The molecule has 6 heteroatoms. The van der Waals surface area contributed by atoms with Crippen LogP contribution in [0, 0.1) is 0 Å². The van der Waals surface area contributed by atoms with Crippen LogP contribution in [0.2, 0.25) is 0 Å². The van der Waals surface area contributed by atoms with E-state index in [9.17, 15) is 13.2 Å².